The van der Waals surface area contributed by atoms with Gasteiger partial charge in [-0.1, -0.05) is 30.0 Å². The number of thiophene rings is 1. The smallest absolute Gasteiger partial charge is 0.319 e. The van der Waals surface area contributed by atoms with E-state index in [1.54, 1.807) is 4.57 Å². The average molecular weight is 386 g/mol. The number of rotatable bonds is 3. The zero-order chi connectivity index (χ0) is 18.4. The molecular formula is C19H18N2O3S2. The molecule has 1 atom stereocenters. The maximum Gasteiger partial charge on any atom is 0.319 e. The maximum atomic E-state index is 13.4. The first-order valence-electron chi connectivity index (χ1n) is 8.39. The zero-order valence-corrected chi connectivity index (χ0v) is 16.4. The molecule has 0 bridgehead atoms. The summed E-state index contributed by atoms with van der Waals surface area (Å²) < 4.78 is 6.72. The van der Waals surface area contributed by atoms with Crippen LogP contribution >= 0.6 is 23.1 Å². The Morgan fingerprint density at radius 1 is 1.23 bits per heavy atom. The summed E-state index contributed by atoms with van der Waals surface area (Å²) in [7, 11) is 0. The minimum atomic E-state index is -0.322. The van der Waals surface area contributed by atoms with Crippen LogP contribution in [-0.2, 0) is 9.53 Å². The van der Waals surface area contributed by atoms with Gasteiger partial charge in [-0.25, -0.2) is 4.98 Å². The molecule has 1 aliphatic heterocycles. The number of fused-ring (bicyclic) bond motifs is 1. The van der Waals surface area contributed by atoms with Crippen LogP contribution in [0.25, 0.3) is 15.9 Å². The second-order valence-corrected chi connectivity index (χ2v) is 8.72. The minimum Gasteiger partial charge on any atom is -0.465 e. The third-order valence-electron chi connectivity index (χ3n) is 4.66. The number of benzene rings is 1. The maximum absolute atomic E-state index is 13.4. The van der Waals surface area contributed by atoms with Crippen molar-refractivity contribution in [1.29, 1.82) is 0 Å². The molecule has 2 aromatic heterocycles. The number of esters is 1. The van der Waals surface area contributed by atoms with E-state index >= 15 is 0 Å². The highest BCUT2D eigenvalue weighted by Gasteiger charge is 2.30. The van der Waals surface area contributed by atoms with E-state index in [4.69, 9.17) is 9.72 Å². The number of aryl methyl sites for hydroxylation is 3. The van der Waals surface area contributed by atoms with Crippen LogP contribution in [0.15, 0.2) is 34.2 Å². The Morgan fingerprint density at radius 3 is 2.69 bits per heavy atom. The third-order valence-corrected chi connectivity index (χ3v) is 6.96. The Hall–Kier alpha value is -2.12. The molecule has 1 fully saturated rings. The zero-order valence-electron chi connectivity index (χ0n) is 14.7. The Balaban J connectivity index is 1.99. The van der Waals surface area contributed by atoms with Gasteiger partial charge in [-0.3, -0.25) is 14.2 Å². The number of para-hydroxylation sites is 1. The lowest BCUT2D eigenvalue weighted by molar-refractivity contribution is -0.137. The highest BCUT2D eigenvalue weighted by Crippen LogP contribution is 2.33. The molecule has 5 nitrogen and oxygen atoms in total. The van der Waals surface area contributed by atoms with Gasteiger partial charge in [0.25, 0.3) is 5.56 Å². The van der Waals surface area contributed by atoms with Crippen LogP contribution in [0, 0.1) is 20.8 Å². The molecule has 0 saturated carbocycles. The molecule has 0 amide bonds. The molecule has 0 radical (unpaired) electrons. The molecule has 1 saturated heterocycles. The number of carbonyl (C=O) groups is 1. The van der Waals surface area contributed by atoms with E-state index < -0.39 is 0 Å². The first-order valence-corrected chi connectivity index (χ1v) is 10.1. The lowest BCUT2D eigenvalue weighted by Crippen LogP contribution is -2.24. The predicted molar refractivity (Wildman–Crippen MR) is 105 cm³/mol. The van der Waals surface area contributed by atoms with Crippen molar-refractivity contribution in [2.75, 3.05) is 6.61 Å². The van der Waals surface area contributed by atoms with Crippen molar-refractivity contribution in [3.8, 4) is 5.69 Å². The number of thioether (sulfide) groups is 1. The summed E-state index contributed by atoms with van der Waals surface area (Å²) in [5.41, 5.74) is 2.67. The lowest BCUT2D eigenvalue weighted by Gasteiger charge is -2.15. The number of hydrogen-bond donors (Lipinski definition) is 0. The summed E-state index contributed by atoms with van der Waals surface area (Å²) >= 11 is 2.84. The summed E-state index contributed by atoms with van der Waals surface area (Å²) in [6.45, 7) is 6.35. The Labute approximate surface area is 159 Å². The van der Waals surface area contributed by atoms with E-state index in [2.05, 4.69) is 0 Å². The lowest BCUT2D eigenvalue weighted by atomic mass is 10.2. The van der Waals surface area contributed by atoms with E-state index in [0.29, 0.717) is 23.6 Å². The van der Waals surface area contributed by atoms with E-state index in [-0.39, 0.29) is 16.8 Å². The molecule has 26 heavy (non-hydrogen) atoms. The molecule has 1 aromatic carbocycles. The van der Waals surface area contributed by atoms with Crippen LogP contribution in [-0.4, -0.2) is 27.4 Å². The molecular weight excluding hydrogens is 368 g/mol. The number of carbonyl (C=O) groups excluding carboxylic acids is 1. The SMILES string of the molecule is Cc1ccccc1-n1c(S[C@@H]2CCOC2=O)nc2sc(C)c(C)c2c1=O. The van der Waals surface area contributed by atoms with E-state index in [1.165, 1.54) is 23.1 Å². The molecule has 134 valence electrons. The summed E-state index contributed by atoms with van der Waals surface area (Å²) in [4.78, 5) is 31.9. The highest BCUT2D eigenvalue weighted by atomic mass is 32.2. The van der Waals surface area contributed by atoms with Crippen LogP contribution in [0.5, 0.6) is 0 Å². The molecule has 7 heteroatoms. The number of ether oxygens (including phenoxy) is 1. The quantitative estimate of drug-likeness (QED) is 0.506. The number of aromatic nitrogens is 2. The summed E-state index contributed by atoms with van der Waals surface area (Å²) in [5, 5.41) is 0.882. The largest absolute Gasteiger partial charge is 0.465 e. The summed E-state index contributed by atoms with van der Waals surface area (Å²) in [5.74, 6) is -0.237. The van der Waals surface area contributed by atoms with Gasteiger partial charge in [-0.15, -0.1) is 11.3 Å². The second-order valence-electron chi connectivity index (χ2n) is 6.35. The molecule has 0 aliphatic carbocycles. The van der Waals surface area contributed by atoms with Crippen LogP contribution < -0.4 is 5.56 Å². The van der Waals surface area contributed by atoms with Crippen LogP contribution in [0.3, 0.4) is 0 Å². The van der Waals surface area contributed by atoms with Crippen molar-refractivity contribution in [2.24, 2.45) is 0 Å². The van der Waals surface area contributed by atoms with Crippen LogP contribution in [0.2, 0.25) is 0 Å². The van der Waals surface area contributed by atoms with Crippen molar-refractivity contribution in [3.05, 3.63) is 50.6 Å². The normalized spacial score (nSPS) is 17.0. The van der Waals surface area contributed by atoms with Crippen molar-refractivity contribution in [1.82, 2.24) is 9.55 Å². The standard InChI is InChI=1S/C19H18N2O3S2/c1-10-6-4-5-7-13(10)21-17(22)15-11(2)12(3)25-16(15)20-19(21)26-14-8-9-24-18(14)23/h4-7,14H,8-9H2,1-3H3/t14-/m1/s1. The first-order chi connectivity index (χ1) is 12.5. The van der Waals surface area contributed by atoms with Crippen molar-refractivity contribution < 1.29 is 9.53 Å². The average Bonchev–Trinajstić information content (AvgIpc) is 3.13. The van der Waals surface area contributed by atoms with Crippen LogP contribution in [0.4, 0.5) is 0 Å². The monoisotopic (exact) mass is 386 g/mol. The van der Waals surface area contributed by atoms with Gasteiger partial charge in [0.1, 0.15) is 10.1 Å². The van der Waals surface area contributed by atoms with Gasteiger partial charge in [0, 0.05) is 11.3 Å². The summed E-state index contributed by atoms with van der Waals surface area (Å²) in [6, 6.07) is 7.73. The van der Waals surface area contributed by atoms with E-state index in [9.17, 15) is 9.59 Å². The Kier molecular flexibility index (Phi) is 4.36. The molecule has 0 unspecified atom stereocenters. The van der Waals surface area contributed by atoms with Crippen molar-refractivity contribution in [2.45, 2.75) is 37.6 Å². The topological polar surface area (TPSA) is 61.2 Å². The number of nitrogens with zero attached hydrogens (tertiary/aromatic N) is 2. The van der Waals surface area contributed by atoms with Gasteiger partial charge in [0.2, 0.25) is 0 Å². The van der Waals surface area contributed by atoms with Crippen LogP contribution in [0.1, 0.15) is 22.4 Å². The predicted octanol–water partition coefficient (Wildman–Crippen LogP) is 3.78. The van der Waals surface area contributed by atoms with Gasteiger partial charge in [-0.05, 0) is 38.0 Å². The molecule has 0 spiro atoms. The van der Waals surface area contributed by atoms with Gasteiger partial charge in [-0.2, -0.15) is 0 Å². The Morgan fingerprint density at radius 2 is 2.00 bits per heavy atom. The van der Waals surface area contributed by atoms with Gasteiger partial charge < -0.3 is 4.74 Å². The second kappa shape index (κ2) is 6.55. The van der Waals surface area contributed by atoms with E-state index in [0.717, 1.165) is 26.5 Å². The Bertz CT molecular complexity index is 1080. The fourth-order valence-corrected chi connectivity index (χ4v) is 5.23. The number of hydrogen-bond acceptors (Lipinski definition) is 6. The van der Waals surface area contributed by atoms with E-state index in [1.807, 2.05) is 45.0 Å². The third kappa shape index (κ3) is 2.75. The summed E-state index contributed by atoms with van der Waals surface area (Å²) in [6.07, 6.45) is 0.633. The fourth-order valence-electron chi connectivity index (χ4n) is 3.09. The molecule has 3 aromatic rings. The van der Waals surface area contributed by atoms with Gasteiger partial charge >= 0.3 is 5.97 Å². The first kappa shape index (κ1) is 17.3. The molecule has 3 heterocycles. The highest BCUT2D eigenvalue weighted by molar-refractivity contribution is 8.00. The van der Waals surface area contributed by atoms with Gasteiger partial charge in [0.15, 0.2) is 5.16 Å². The minimum absolute atomic E-state index is 0.0833. The van der Waals surface area contributed by atoms with Crippen molar-refractivity contribution >= 4 is 39.3 Å². The fraction of sp³-hybridized carbons (Fsp3) is 0.316. The molecule has 4 rings (SSSR count). The van der Waals surface area contributed by atoms with Crippen molar-refractivity contribution in [3.63, 3.8) is 0 Å². The molecule has 1 aliphatic rings. The number of cyclic esters (lactones) is 1. The molecule has 0 N–H and O–H groups in total. The van der Waals surface area contributed by atoms with Gasteiger partial charge in [0.05, 0.1) is 17.7 Å².